The van der Waals surface area contributed by atoms with Crippen LogP contribution in [0.1, 0.15) is 5.56 Å². The number of nitrogens with two attached hydrogens (primary N) is 1. The summed E-state index contributed by atoms with van der Waals surface area (Å²) in [6.07, 6.45) is 1.05. The smallest absolute Gasteiger partial charge is 0.332 e. The lowest BCUT2D eigenvalue weighted by atomic mass is 10.2. The van der Waals surface area contributed by atoms with Crippen molar-refractivity contribution >= 4 is 17.9 Å². The van der Waals surface area contributed by atoms with Gasteiger partial charge in [-0.15, -0.1) is 0 Å². The number of nitro groups is 1. The zero-order chi connectivity index (χ0) is 12.1. The number of phenols is 1. The maximum Gasteiger partial charge on any atom is 0.332 e. The van der Waals surface area contributed by atoms with Crippen molar-refractivity contribution in [1.29, 1.82) is 0 Å². The number of carbonyl (C=O) groups excluding carboxylic acids is 1. The molecule has 84 valence electrons. The van der Waals surface area contributed by atoms with Gasteiger partial charge in [0, 0.05) is 17.7 Å². The van der Waals surface area contributed by atoms with Gasteiger partial charge in [0.1, 0.15) is 5.75 Å². The fraction of sp³-hybridized carbons (Fsp3) is 0. The molecule has 2 amide bonds. The number of hydrogen-bond acceptors (Lipinski definition) is 5. The molecule has 1 aromatic rings. The maximum atomic E-state index is 10.4. The van der Waals surface area contributed by atoms with Crippen molar-refractivity contribution in [1.82, 2.24) is 5.43 Å². The Labute approximate surface area is 89.5 Å². The van der Waals surface area contributed by atoms with Crippen LogP contribution in [0.25, 0.3) is 0 Å². The predicted octanol–water partition coefficient (Wildman–Crippen LogP) is 0.303. The summed E-state index contributed by atoms with van der Waals surface area (Å²) >= 11 is 0. The second-order valence-electron chi connectivity index (χ2n) is 2.73. The highest BCUT2D eigenvalue weighted by atomic mass is 16.6. The molecule has 0 fully saturated rings. The molecule has 0 saturated carbocycles. The fourth-order valence-corrected chi connectivity index (χ4v) is 0.924. The van der Waals surface area contributed by atoms with Crippen molar-refractivity contribution in [2.75, 3.05) is 0 Å². The Morgan fingerprint density at radius 1 is 1.62 bits per heavy atom. The van der Waals surface area contributed by atoms with Crippen LogP contribution in [0.5, 0.6) is 5.75 Å². The van der Waals surface area contributed by atoms with Gasteiger partial charge in [-0.2, -0.15) is 5.10 Å². The highest BCUT2D eigenvalue weighted by Crippen LogP contribution is 2.20. The van der Waals surface area contributed by atoms with Crippen LogP contribution in [0, 0.1) is 10.1 Å². The molecular weight excluding hydrogens is 216 g/mol. The summed E-state index contributed by atoms with van der Waals surface area (Å²) in [6, 6.07) is 2.54. The van der Waals surface area contributed by atoms with E-state index in [1.807, 2.05) is 5.43 Å². The number of nitrogens with zero attached hydrogens (tertiary/aromatic N) is 2. The van der Waals surface area contributed by atoms with Gasteiger partial charge in [-0.1, -0.05) is 0 Å². The Morgan fingerprint density at radius 2 is 2.31 bits per heavy atom. The van der Waals surface area contributed by atoms with Gasteiger partial charge in [0.25, 0.3) is 5.69 Å². The lowest BCUT2D eigenvalue weighted by Gasteiger charge is -1.98. The van der Waals surface area contributed by atoms with Crippen LogP contribution < -0.4 is 11.2 Å². The van der Waals surface area contributed by atoms with Gasteiger partial charge in [0.2, 0.25) is 0 Å². The molecule has 0 aliphatic heterocycles. The van der Waals surface area contributed by atoms with E-state index in [1.165, 1.54) is 0 Å². The molecule has 16 heavy (non-hydrogen) atoms. The molecule has 0 saturated heterocycles. The number of aromatic hydroxyl groups is 1. The Balaban J connectivity index is 2.94. The summed E-state index contributed by atoms with van der Waals surface area (Å²) in [5.41, 5.74) is 6.54. The van der Waals surface area contributed by atoms with Crippen LogP contribution >= 0.6 is 0 Å². The topological polar surface area (TPSA) is 131 Å². The second-order valence-corrected chi connectivity index (χ2v) is 2.73. The minimum atomic E-state index is -0.874. The maximum absolute atomic E-state index is 10.4. The largest absolute Gasteiger partial charge is 0.507 e. The number of nitro benzene ring substituents is 1. The van der Waals surface area contributed by atoms with Crippen molar-refractivity contribution in [3.8, 4) is 5.75 Å². The van der Waals surface area contributed by atoms with E-state index >= 15 is 0 Å². The summed E-state index contributed by atoms with van der Waals surface area (Å²) in [5, 5.41) is 23.1. The van der Waals surface area contributed by atoms with E-state index in [-0.39, 0.29) is 17.0 Å². The summed E-state index contributed by atoms with van der Waals surface area (Å²) in [6.45, 7) is 0. The minimum absolute atomic E-state index is 0.1000. The van der Waals surface area contributed by atoms with E-state index in [1.54, 1.807) is 0 Å². The van der Waals surface area contributed by atoms with E-state index in [0.29, 0.717) is 0 Å². The van der Waals surface area contributed by atoms with Crippen molar-refractivity contribution in [3.05, 3.63) is 33.9 Å². The van der Waals surface area contributed by atoms with Gasteiger partial charge in [-0.25, -0.2) is 10.2 Å². The molecule has 0 aliphatic rings. The fourth-order valence-electron chi connectivity index (χ4n) is 0.924. The van der Waals surface area contributed by atoms with Gasteiger partial charge in [0.05, 0.1) is 11.1 Å². The summed E-state index contributed by atoms with van der Waals surface area (Å²) < 4.78 is 0. The zero-order valence-electron chi connectivity index (χ0n) is 7.95. The standard InChI is InChI=1S/C8H8N4O4/c9-8(14)11-10-4-5-3-6(12(15)16)1-2-7(5)13/h1-4,13H,(H3,9,11,14). The lowest BCUT2D eigenvalue weighted by Crippen LogP contribution is -2.24. The van der Waals surface area contributed by atoms with Crippen LogP contribution in [0.2, 0.25) is 0 Å². The Kier molecular flexibility index (Phi) is 3.38. The van der Waals surface area contributed by atoms with Crippen molar-refractivity contribution < 1.29 is 14.8 Å². The number of phenolic OH excluding ortho intramolecular Hbond substituents is 1. The number of hydrogen-bond donors (Lipinski definition) is 3. The number of benzene rings is 1. The van der Waals surface area contributed by atoms with Crippen LogP contribution in [0.15, 0.2) is 23.3 Å². The highest BCUT2D eigenvalue weighted by molar-refractivity contribution is 5.85. The molecular formula is C8H8N4O4. The quantitative estimate of drug-likeness (QED) is 0.387. The van der Waals surface area contributed by atoms with E-state index in [2.05, 4.69) is 5.10 Å². The third kappa shape index (κ3) is 2.94. The van der Waals surface area contributed by atoms with E-state index in [4.69, 9.17) is 5.73 Å². The molecule has 8 nitrogen and oxygen atoms in total. The van der Waals surface area contributed by atoms with Crippen LogP contribution in [-0.2, 0) is 0 Å². The number of urea groups is 1. The molecule has 0 bridgehead atoms. The molecule has 0 heterocycles. The van der Waals surface area contributed by atoms with Crippen molar-refractivity contribution in [2.24, 2.45) is 10.8 Å². The number of rotatable bonds is 3. The Morgan fingerprint density at radius 3 is 2.88 bits per heavy atom. The van der Waals surface area contributed by atoms with Gasteiger partial charge < -0.3 is 10.8 Å². The van der Waals surface area contributed by atoms with Gasteiger partial charge >= 0.3 is 6.03 Å². The van der Waals surface area contributed by atoms with Crippen LogP contribution in [0.4, 0.5) is 10.5 Å². The van der Waals surface area contributed by atoms with Crippen molar-refractivity contribution in [2.45, 2.75) is 0 Å². The predicted molar refractivity (Wildman–Crippen MR) is 55.1 cm³/mol. The molecule has 0 radical (unpaired) electrons. The number of primary amides is 1. The molecule has 0 aromatic heterocycles. The number of non-ortho nitro benzene ring substituents is 1. The SMILES string of the molecule is NC(=O)NN=Cc1cc([N+](=O)[O-])ccc1O. The molecule has 0 spiro atoms. The van der Waals surface area contributed by atoms with Gasteiger partial charge in [-0.3, -0.25) is 10.1 Å². The lowest BCUT2D eigenvalue weighted by molar-refractivity contribution is -0.384. The first-order valence-electron chi connectivity index (χ1n) is 4.06. The van der Waals surface area contributed by atoms with Gasteiger partial charge in [0.15, 0.2) is 0 Å². The number of nitrogens with one attached hydrogen (secondary N) is 1. The molecule has 4 N–H and O–H groups in total. The minimum Gasteiger partial charge on any atom is -0.507 e. The van der Waals surface area contributed by atoms with Gasteiger partial charge in [-0.05, 0) is 6.07 Å². The third-order valence-corrected chi connectivity index (χ3v) is 1.60. The first kappa shape index (κ1) is 11.4. The van der Waals surface area contributed by atoms with Crippen molar-refractivity contribution in [3.63, 3.8) is 0 Å². The summed E-state index contributed by atoms with van der Waals surface area (Å²) in [5.74, 6) is -0.194. The Hall–Kier alpha value is -2.64. The zero-order valence-corrected chi connectivity index (χ0v) is 7.95. The molecule has 1 rings (SSSR count). The monoisotopic (exact) mass is 224 g/mol. The van der Waals surface area contributed by atoms with Crippen LogP contribution in [0.3, 0.4) is 0 Å². The van der Waals surface area contributed by atoms with E-state index in [9.17, 15) is 20.0 Å². The number of carbonyl (C=O) groups is 1. The second kappa shape index (κ2) is 4.73. The average Bonchev–Trinajstić information content (AvgIpc) is 2.20. The third-order valence-electron chi connectivity index (χ3n) is 1.60. The molecule has 8 heteroatoms. The molecule has 0 unspecified atom stereocenters. The molecule has 0 aliphatic carbocycles. The summed E-state index contributed by atoms with van der Waals surface area (Å²) in [7, 11) is 0. The number of hydrazone groups is 1. The molecule has 1 aromatic carbocycles. The van der Waals surface area contributed by atoms with Crippen LogP contribution in [-0.4, -0.2) is 22.3 Å². The first-order chi connectivity index (χ1) is 7.50. The highest BCUT2D eigenvalue weighted by Gasteiger charge is 2.08. The first-order valence-corrected chi connectivity index (χ1v) is 4.06. The Bertz CT molecular complexity index is 457. The average molecular weight is 224 g/mol. The van der Waals surface area contributed by atoms with E-state index in [0.717, 1.165) is 24.4 Å². The summed E-state index contributed by atoms with van der Waals surface area (Å²) in [4.78, 5) is 20.1. The normalized spacial score (nSPS) is 10.2. The van der Waals surface area contributed by atoms with E-state index < -0.39 is 11.0 Å². The molecule has 0 atom stereocenters. The number of amides is 2.